The van der Waals surface area contributed by atoms with Crippen molar-refractivity contribution in [3.8, 4) is 0 Å². The predicted molar refractivity (Wildman–Crippen MR) is 122 cm³/mol. The Labute approximate surface area is 179 Å². The molecule has 1 aromatic carbocycles. The van der Waals surface area contributed by atoms with Crippen LogP contribution in [0.1, 0.15) is 48.7 Å². The van der Waals surface area contributed by atoms with Gasteiger partial charge < -0.3 is 15.5 Å². The molecule has 0 saturated carbocycles. The summed E-state index contributed by atoms with van der Waals surface area (Å²) in [7, 11) is 3.77. The SMILES string of the molecule is CN=C(NCc1ccc(N2CCCCC2=O)cc1)NC(C)Cc1c(C)nn(C)c1C. The Balaban J connectivity index is 1.53. The average molecular weight is 411 g/mol. The molecule has 1 unspecified atom stereocenters. The number of nitrogens with one attached hydrogen (secondary N) is 2. The lowest BCUT2D eigenvalue weighted by atomic mass is 10.1. The maximum atomic E-state index is 12.1. The van der Waals surface area contributed by atoms with Crippen molar-refractivity contribution in [1.29, 1.82) is 0 Å². The smallest absolute Gasteiger partial charge is 0.226 e. The molecule has 0 spiro atoms. The van der Waals surface area contributed by atoms with Crippen molar-refractivity contribution < 1.29 is 4.79 Å². The van der Waals surface area contributed by atoms with Crippen molar-refractivity contribution in [2.75, 3.05) is 18.5 Å². The van der Waals surface area contributed by atoms with Crippen LogP contribution < -0.4 is 15.5 Å². The van der Waals surface area contributed by atoms with Gasteiger partial charge in [-0.05, 0) is 63.3 Å². The van der Waals surface area contributed by atoms with Crippen LogP contribution in [0.15, 0.2) is 29.3 Å². The van der Waals surface area contributed by atoms with Crippen molar-refractivity contribution in [1.82, 2.24) is 20.4 Å². The molecule has 162 valence electrons. The van der Waals surface area contributed by atoms with Crippen molar-refractivity contribution in [2.45, 2.75) is 59.0 Å². The highest BCUT2D eigenvalue weighted by molar-refractivity contribution is 5.93. The summed E-state index contributed by atoms with van der Waals surface area (Å²) < 4.78 is 1.94. The lowest BCUT2D eigenvalue weighted by molar-refractivity contribution is -0.119. The van der Waals surface area contributed by atoms with Crippen LogP contribution in [0.3, 0.4) is 0 Å². The molecule has 1 atom stereocenters. The molecular weight excluding hydrogens is 376 g/mol. The molecule has 7 heteroatoms. The molecule has 3 rings (SSSR count). The van der Waals surface area contributed by atoms with E-state index in [1.165, 1.54) is 11.3 Å². The van der Waals surface area contributed by atoms with E-state index in [1.54, 1.807) is 7.05 Å². The van der Waals surface area contributed by atoms with Gasteiger partial charge in [-0.15, -0.1) is 0 Å². The molecule has 1 amide bonds. The van der Waals surface area contributed by atoms with E-state index in [2.05, 4.69) is 53.6 Å². The van der Waals surface area contributed by atoms with Gasteiger partial charge in [0.15, 0.2) is 5.96 Å². The number of guanidine groups is 1. The van der Waals surface area contributed by atoms with Crippen LogP contribution in [0, 0.1) is 13.8 Å². The zero-order valence-electron chi connectivity index (χ0n) is 18.8. The highest BCUT2D eigenvalue weighted by Gasteiger charge is 2.19. The number of hydrogen-bond donors (Lipinski definition) is 2. The van der Waals surface area contributed by atoms with Crippen LogP contribution in [-0.2, 0) is 24.8 Å². The molecule has 1 aliphatic heterocycles. The van der Waals surface area contributed by atoms with Crippen LogP contribution in [-0.4, -0.2) is 41.3 Å². The third kappa shape index (κ3) is 5.20. The molecule has 1 aliphatic rings. The first kappa shape index (κ1) is 21.9. The van der Waals surface area contributed by atoms with Crippen molar-refractivity contribution in [3.63, 3.8) is 0 Å². The van der Waals surface area contributed by atoms with E-state index in [0.29, 0.717) is 13.0 Å². The second kappa shape index (κ2) is 9.78. The lowest BCUT2D eigenvalue weighted by Gasteiger charge is -2.27. The number of carbonyl (C=O) groups excluding carboxylic acids is 1. The Bertz CT molecular complexity index is 899. The fourth-order valence-corrected chi connectivity index (χ4v) is 3.96. The minimum Gasteiger partial charge on any atom is -0.354 e. The summed E-state index contributed by atoms with van der Waals surface area (Å²) in [6.07, 6.45) is 3.63. The Morgan fingerprint density at radius 3 is 2.57 bits per heavy atom. The standard InChI is InChI=1S/C23H34N6O/c1-16(14-21-17(2)27-28(5)18(21)3)26-23(24-4)25-15-19-9-11-20(12-10-19)29-13-7-6-8-22(29)30/h9-12,16H,6-8,13-15H2,1-5H3,(H2,24,25,26). The van der Waals surface area contributed by atoms with E-state index < -0.39 is 0 Å². The van der Waals surface area contributed by atoms with Crippen LogP contribution >= 0.6 is 0 Å². The molecule has 2 N–H and O–H groups in total. The number of aryl methyl sites for hydroxylation is 2. The molecule has 2 aromatic rings. The highest BCUT2D eigenvalue weighted by Crippen LogP contribution is 2.21. The number of nitrogens with zero attached hydrogens (tertiary/aromatic N) is 4. The van der Waals surface area contributed by atoms with Crippen LogP contribution in [0.5, 0.6) is 0 Å². The summed E-state index contributed by atoms with van der Waals surface area (Å²) in [5.74, 6) is 1.00. The monoisotopic (exact) mass is 410 g/mol. The average Bonchev–Trinajstić information content (AvgIpc) is 2.98. The summed E-state index contributed by atoms with van der Waals surface area (Å²) >= 11 is 0. The first-order valence-corrected chi connectivity index (χ1v) is 10.7. The molecule has 30 heavy (non-hydrogen) atoms. The van der Waals surface area contributed by atoms with Crippen molar-refractivity contribution >= 4 is 17.6 Å². The van der Waals surface area contributed by atoms with E-state index >= 15 is 0 Å². The molecule has 2 heterocycles. The van der Waals surface area contributed by atoms with Gasteiger partial charge in [0, 0.05) is 51.0 Å². The van der Waals surface area contributed by atoms with Gasteiger partial charge in [-0.25, -0.2) is 0 Å². The number of carbonyl (C=O) groups is 1. The number of rotatable bonds is 6. The molecular formula is C23H34N6O. The summed E-state index contributed by atoms with van der Waals surface area (Å²) in [5.41, 5.74) is 5.71. The van der Waals surface area contributed by atoms with Gasteiger partial charge in [0.05, 0.1) is 5.69 Å². The van der Waals surface area contributed by atoms with Gasteiger partial charge in [0.25, 0.3) is 0 Å². The summed E-state index contributed by atoms with van der Waals surface area (Å²) in [6.45, 7) is 7.81. The van der Waals surface area contributed by atoms with Crippen LogP contribution in [0.2, 0.25) is 0 Å². The number of aromatic nitrogens is 2. The van der Waals surface area contributed by atoms with Gasteiger partial charge in [-0.2, -0.15) is 5.10 Å². The number of hydrogen-bond acceptors (Lipinski definition) is 3. The quantitative estimate of drug-likeness (QED) is 0.567. The fraction of sp³-hybridized carbons (Fsp3) is 0.522. The Morgan fingerprint density at radius 2 is 1.97 bits per heavy atom. The molecule has 0 radical (unpaired) electrons. The predicted octanol–water partition coefficient (Wildman–Crippen LogP) is 2.85. The third-order valence-electron chi connectivity index (χ3n) is 5.81. The number of benzene rings is 1. The van der Waals surface area contributed by atoms with Gasteiger partial charge in [-0.1, -0.05) is 12.1 Å². The molecule has 7 nitrogen and oxygen atoms in total. The Kier molecular flexibility index (Phi) is 7.13. The summed E-state index contributed by atoms with van der Waals surface area (Å²) in [4.78, 5) is 18.3. The number of amides is 1. The molecule has 1 saturated heterocycles. The third-order valence-corrected chi connectivity index (χ3v) is 5.81. The zero-order chi connectivity index (χ0) is 21.7. The zero-order valence-corrected chi connectivity index (χ0v) is 18.8. The van der Waals surface area contributed by atoms with E-state index in [-0.39, 0.29) is 11.9 Å². The number of aliphatic imine (C=N–C) groups is 1. The second-order valence-electron chi connectivity index (χ2n) is 8.12. The molecule has 1 aromatic heterocycles. The highest BCUT2D eigenvalue weighted by atomic mass is 16.2. The number of piperidine rings is 1. The first-order chi connectivity index (χ1) is 14.4. The minimum absolute atomic E-state index is 0.227. The van der Waals surface area contributed by atoms with Crippen LogP contribution in [0.4, 0.5) is 5.69 Å². The Morgan fingerprint density at radius 1 is 1.23 bits per heavy atom. The lowest BCUT2D eigenvalue weighted by Crippen LogP contribution is -2.42. The van der Waals surface area contributed by atoms with E-state index in [4.69, 9.17) is 0 Å². The van der Waals surface area contributed by atoms with Crippen molar-refractivity contribution in [3.05, 3.63) is 46.8 Å². The topological polar surface area (TPSA) is 74.6 Å². The molecule has 1 fully saturated rings. The normalized spacial score (nSPS) is 16.0. The van der Waals surface area contributed by atoms with E-state index in [9.17, 15) is 4.79 Å². The molecule has 0 bridgehead atoms. The molecule has 0 aliphatic carbocycles. The maximum Gasteiger partial charge on any atom is 0.226 e. The minimum atomic E-state index is 0.227. The van der Waals surface area contributed by atoms with Crippen molar-refractivity contribution in [2.24, 2.45) is 12.0 Å². The first-order valence-electron chi connectivity index (χ1n) is 10.7. The van der Waals surface area contributed by atoms with Gasteiger partial charge in [0.1, 0.15) is 0 Å². The number of anilines is 1. The van der Waals surface area contributed by atoms with Crippen LogP contribution in [0.25, 0.3) is 0 Å². The summed E-state index contributed by atoms with van der Waals surface area (Å²) in [5, 5.41) is 11.4. The van der Waals surface area contributed by atoms with Gasteiger partial charge in [0.2, 0.25) is 5.91 Å². The van der Waals surface area contributed by atoms with Gasteiger partial charge in [-0.3, -0.25) is 14.5 Å². The maximum absolute atomic E-state index is 12.1. The summed E-state index contributed by atoms with van der Waals surface area (Å²) in [6, 6.07) is 8.44. The van der Waals surface area contributed by atoms with Gasteiger partial charge >= 0.3 is 0 Å². The fourth-order valence-electron chi connectivity index (χ4n) is 3.96. The largest absolute Gasteiger partial charge is 0.354 e. The van der Waals surface area contributed by atoms with E-state index in [1.807, 2.05) is 28.8 Å². The Hall–Kier alpha value is -2.83. The van der Waals surface area contributed by atoms with E-state index in [0.717, 1.165) is 48.7 Å². The second-order valence-corrected chi connectivity index (χ2v) is 8.12.